The Balaban J connectivity index is 0.00000280. The monoisotopic (exact) mass is 409 g/mol. The first-order valence-corrected chi connectivity index (χ1v) is 9.54. The molecule has 1 aliphatic heterocycles. The smallest absolute Gasteiger partial charge is 0.328 e. The average molecular weight is 410 g/mol. The molecule has 0 bridgehead atoms. The lowest BCUT2D eigenvalue weighted by Crippen LogP contribution is -2.49. The van der Waals surface area contributed by atoms with Gasteiger partial charge in [-0.25, -0.2) is 4.79 Å². The molecular weight excluding hydrogens is 382 g/mol. The van der Waals surface area contributed by atoms with Crippen molar-refractivity contribution in [1.82, 2.24) is 4.90 Å². The summed E-state index contributed by atoms with van der Waals surface area (Å²) < 4.78 is 4.85. The van der Waals surface area contributed by atoms with Gasteiger partial charge < -0.3 is 20.7 Å². The Morgan fingerprint density at radius 3 is 2.57 bits per heavy atom. The fourth-order valence-corrected chi connectivity index (χ4v) is 3.94. The van der Waals surface area contributed by atoms with Crippen molar-refractivity contribution in [2.45, 2.75) is 56.5 Å². The van der Waals surface area contributed by atoms with Crippen LogP contribution in [0.2, 0.25) is 0 Å². The first-order chi connectivity index (χ1) is 12.9. The number of carbonyl (C=O) groups excluding carboxylic acids is 3. The van der Waals surface area contributed by atoms with Crippen LogP contribution in [-0.4, -0.2) is 47.9 Å². The molecule has 154 valence electrons. The summed E-state index contributed by atoms with van der Waals surface area (Å²) in [6.07, 6.45) is 5.59. The number of amides is 2. The highest BCUT2D eigenvalue weighted by Crippen LogP contribution is 2.29. The zero-order chi connectivity index (χ0) is 19.4. The second kappa shape index (κ2) is 9.39. The number of halogens is 1. The molecular formula is C20H28ClN3O4. The van der Waals surface area contributed by atoms with E-state index in [-0.39, 0.29) is 30.2 Å². The van der Waals surface area contributed by atoms with E-state index in [0.717, 1.165) is 25.7 Å². The number of likely N-dealkylation sites (tertiary alicyclic amines) is 1. The number of hydrogen-bond donors (Lipinski definition) is 2. The molecule has 1 saturated heterocycles. The average Bonchev–Trinajstić information content (AvgIpc) is 3.15. The van der Waals surface area contributed by atoms with Crippen LogP contribution in [0.4, 0.5) is 5.69 Å². The van der Waals surface area contributed by atoms with E-state index in [1.165, 1.54) is 7.11 Å². The number of hydrogen-bond acceptors (Lipinski definition) is 5. The number of carbonyl (C=O) groups is 3. The van der Waals surface area contributed by atoms with E-state index in [9.17, 15) is 14.4 Å². The first-order valence-electron chi connectivity index (χ1n) is 9.54. The van der Waals surface area contributed by atoms with Gasteiger partial charge >= 0.3 is 5.97 Å². The van der Waals surface area contributed by atoms with Gasteiger partial charge in [0.1, 0.15) is 6.04 Å². The van der Waals surface area contributed by atoms with Crippen molar-refractivity contribution in [2.24, 2.45) is 5.73 Å². The number of esters is 1. The van der Waals surface area contributed by atoms with E-state index in [0.29, 0.717) is 37.1 Å². The van der Waals surface area contributed by atoms with Crippen LogP contribution in [0, 0.1) is 0 Å². The van der Waals surface area contributed by atoms with Gasteiger partial charge in [0.15, 0.2) is 0 Å². The maximum absolute atomic E-state index is 13.0. The van der Waals surface area contributed by atoms with Crippen LogP contribution in [0.5, 0.6) is 0 Å². The van der Waals surface area contributed by atoms with Crippen molar-refractivity contribution in [3.05, 3.63) is 29.8 Å². The molecule has 1 aromatic carbocycles. The molecule has 2 fully saturated rings. The molecule has 1 atom stereocenters. The molecule has 1 heterocycles. The molecule has 2 amide bonds. The van der Waals surface area contributed by atoms with E-state index in [4.69, 9.17) is 10.5 Å². The second-order valence-electron chi connectivity index (χ2n) is 7.43. The van der Waals surface area contributed by atoms with Gasteiger partial charge in [-0.15, -0.1) is 12.4 Å². The normalized spacial score (nSPS) is 20.8. The highest BCUT2D eigenvalue weighted by Gasteiger charge is 2.37. The van der Waals surface area contributed by atoms with Crippen LogP contribution < -0.4 is 11.1 Å². The quantitative estimate of drug-likeness (QED) is 0.744. The van der Waals surface area contributed by atoms with Gasteiger partial charge in [-0.1, -0.05) is 18.9 Å². The third-order valence-electron chi connectivity index (χ3n) is 5.55. The van der Waals surface area contributed by atoms with Crippen molar-refractivity contribution in [2.75, 3.05) is 19.0 Å². The van der Waals surface area contributed by atoms with Crippen molar-refractivity contribution in [3.63, 3.8) is 0 Å². The lowest BCUT2D eigenvalue weighted by molar-refractivity contribution is -0.147. The van der Waals surface area contributed by atoms with E-state index in [2.05, 4.69) is 5.32 Å². The highest BCUT2D eigenvalue weighted by molar-refractivity contribution is 6.01. The minimum atomic E-state index is -0.830. The fraction of sp³-hybridized carbons (Fsp3) is 0.550. The molecule has 0 spiro atoms. The van der Waals surface area contributed by atoms with Gasteiger partial charge in [-0.2, -0.15) is 0 Å². The molecule has 28 heavy (non-hydrogen) atoms. The molecule has 3 rings (SSSR count). The summed E-state index contributed by atoms with van der Waals surface area (Å²) in [5.41, 5.74) is 6.33. The molecule has 8 heteroatoms. The minimum Gasteiger partial charge on any atom is -0.467 e. The van der Waals surface area contributed by atoms with Crippen LogP contribution >= 0.6 is 12.4 Å². The zero-order valence-corrected chi connectivity index (χ0v) is 16.9. The van der Waals surface area contributed by atoms with Crippen LogP contribution in [-0.2, 0) is 14.3 Å². The van der Waals surface area contributed by atoms with Gasteiger partial charge in [-0.05, 0) is 50.3 Å². The van der Waals surface area contributed by atoms with Crippen molar-refractivity contribution >= 4 is 35.9 Å². The lowest BCUT2D eigenvalue weighted by atomic mass is 9.98. The molecule has 0 radical (unpaired) electrons. The molecule has 1 aromatic rings. The summed E-state index contributed by atoms with van der Waals surface area (Å²) in [4.78, 5) is 39.1. The number of benzene rings is 1. The number of nitrogens with one attached hydrogen (secondary N) is 1. The molecule has 0 aromatic heterocycles. The molecule has 1 unspecified atom stereocenters. The van der Waals surface area contributed by atoms with E-state index in [1.807, 2.05) is 0 Å². The van der Waals surface area contributed by atoms with E-state index < -0.39 is 11.6 Å². The van der Waals surface area contributed by atoms with Crippen molar-refractivity contribution < 1.29 is 19.1 Å². The summed E-state index contributed by atoms with van der Waals surface area (Å²) in [6, 6.07) is 6.23. The maximum atomic E-state index is 13.0. The molecule has 3 N–H and O–H groups in total. The van der Waals surface area contributed by atoms with Crippen molar-refractivity contribution in [3.8, 4) is 0 Å². The Morgan fingerprint density at radius 1 is 1.18 bits per heavy atom. The second-order valence-corrected chi connectivity index (χ2v) is 7.43. The van der Waals surface area contributed by atoms with Crippen LogP contribution in [0.3, 0.4) is 0 Å². The standard InChI is InChI=1S/C20H27N3O4.ClH/c1-27-18(25)16-9-2-5-12-23(16)17(24)14-7-6-8-15(13-14)22-19(26)20(21)10-3-4-11-20;/h6-8,13,16H,2-5,9-12,21H2,1H3,(H,22,26);1H. The Kier molecular flexibility index (Phi) is 7.43. The Hall–Kier alpha value is -2.12. The predicted octanol–water partition coefficient (Wildman–Crippen LogP) is 2.49. The number of nitrogens with zero attached hydrogens (tertiary/aromatic N) is 1. The van der Waals surface area contributed by atoms with Crippen LogP contribution in [0.15, 0.2) is 24.3 Å². The lowest BCUT2D eigenvalue weighted by Gasteiger charge is -2.33. The van der Waals surface area contributed by atoms with Gasteiger partial charge in [0.25, 0.3) is 5.91 Å². The molecule has 1 saturated carbocycles. The van der Waals surface area contributed by atoms with Gasteiger partial charge in [0, 0.05) is 17.8 Å². The first kappa shape index (κ1) is 22.2. The Bertz CT molecular complexity index is 734. The number of ether oxygens (including phenoxy) is 1. The van der Waals surface area contributed by atoms with Gasteiger partial charge in [0.05, 0.1) is 12.6 Å². The largest absolute Gasteiger partial charge is 0.467 e. The predicted molar refractivity (Wildman–Crippen MR) is 108 cm³/mol. The van der Waals surface area contributed by atoms with Crippen molar-refractivity contribution in [1.29, 1.82) is 0 Å². The molecule has 2 aliphatic rings. The Labute approximate surface area is 171 Å². The fourth-order valence-electron chi connectivity index (χ4n) is 3.94. The number of anilines is 1. The van der Waals surface area contributed by atoms with Crippen LogP contribution in [0.1, 0.15) is 55.3 Å². The highest BCUT2D eigenvalue weighted by atomic mass is 35.5. The zero-order valence-electron chi connectivity index (χ0n) is 16.1. The van der Waals surface area contributed by atoms with Crippen LogP contribution in [0.25, 0.3) is 0 Å². The number of methoxy groups -OCH3 is 1. The number of piperidine rings is 1. The summed E-state index contributed by atoms with van der Waals surface area (Å²) in [7, 11) is 1.33. The minimum absolute atomic E-state index is 0. The van der Waals surface area contributed by atoms with E-state index >= 15 is 0 Å². The van der Waals surface area contributed by atoms with E-state index in [1.54, 1.807) is 29.2 Å². The maximum Gasteiger partial charge on any atom is 0.328 e. The summed E-state index contributed by atoms with van der Waals surface area (Å²) in [6.45, 7) is 0.515. The van der Waals surface area contributed by atoms with Gasteiger partial charge in [-0.3, -0.25) is 9.59 Å². The topological polar surface area (TPSA) is 102 Å². The van der Waals surface area contributed by atoms with Gasteiger partial charge in [0.2, 0.25) is 5.91 Å². The molecule has 1 aliphatic carbocycles. The Morgan fingerprint density at radius 2 is 1.89 bits per heavy atom. The summed E-state index contributed by atoms with van der Waals surface area (Å²) in [5, 5.41) is 2.84. The number of rotatable bonds is 4. The summed E-state index contributed by atoms with van der Waals surface area (Å²) >= 11 is 0. The third-order valence-corrected chi connectivity index (χ3v) is 5.55. The SMILES string of the molecule is COC(=O)C1CCCCN1C(=O)c1cccc(NC(=O)C2(N)CCCC2)c1.Cl. The molecule has 7 nitrogen and oxygen atoms in total. The number of nitrogens with two attached hydrogens (primary N) is 1. The summed E-state index contributed by atoms with van der Waals surface area (Å²) in [5.74, 6) is -0.835. The third kappa shape index (κ3) is 4.64.